The van der Waals surface area contributed by atoms with Gasteiger partial charge in [-0.1, -0.05) is 40.7 Å². The molecule has 0 bridgehead atoms. The number of H-pyrrole nitrogens is 1. The van der Waals surface area contributed by atoms with Crippen LogP contribution in [0.1, 0.15) is 5.56 Å². The number of benzene rings is 1. The fraction of sp³-hybridized carbons (Fsp3) is 0.182. The molecular formula is C11H13N7S. The Kier molecular flexibility index (Phi) is 4.24. The molecule has 0 atom stereocenters. The lowest BCUT2D eigenvalue weighted by molar-refractivity contribution is 0.972. The summed E-state index contributed by atoms with van der Waals surface area (Å²) in [6, 6.07) is 8.00. The average molecular weight is 275 g/mol. The van der Waals surface area contributed by atoms with Crippen molar-refractivity contribution in [2.45, 2.75) is 12.1 Å². The van der Waals surface area contributed by atoms with Crippen molar-refractivity contribution in [2.75, 3.05) is 5.75 Å². The molecule has 0 aliphatic carbocycles. The van der Waals surface area contributed by atoms with Gasteiger partial charge < -0.3 is 5.73 Å². The molecule has 1 aromatic heterocycles. The topological polar surface area (TPSA) is 116 Å². The minimum absolute atomic E-state index is 0.266. The maximum atomic E-state index is 6.56. The van der Waals surface area contributed by atoms with Crippen LogP contribution in [0.5, 0.6) is 0 Å². The molecule has 0 aliphatic rings. The monoisotopic (exact) mass is 275 g/mol. The van der Waals surface area contributed by atoms with E-state index in [9.17, 15) is 0 Å². The Morgan fingerprint density at radius 2 is 2.37 bits per heavy atom. The highest BCUT2D eigenvalue weighted by atomic mass is 32.2. The second-order valence-electron chi connectivity index (χ2n) is 3.82. The van der Waals surface area contributed by atoms with Crippen LogP contribution in [0, 0.1) is 12.5 Å². The molecule has 0 saturated carbocycles. The summed E-state index contributed by atoms with van der Waals surface area (Å²) < 4.78 is 0. The van der Waals surface area contributed by atoms with Gasteiger partial charge in [-0.15, -0.1) is 10.2 Å². The van der Waals surface area contributed by atoms with Gasteiger partial charge in [0, 0.05) is 5.56 Å². The summed E-state index contributed by atoms with van der Waals surface area (Å²) in [6.07, 6.45) is 0. The number of rotatable bonds is 5. The summed E-state index contributed by atoms with van der Waals surface area (Å²) in [5, 5.41) is 13.8. The van der Waals surface area contributed by atoms with Gasteiger partial charge in [-0.05, 0) is 13.0 Å². The van der Waals surface area contributed by atoms with Crippen LogP contribution in [0.3, 0.4) is 0 Å². The quantitative estimate of drug-likeness (QED) is 0.255. The normalized spacial score (nSPS) is 11.5. The average Bonchev–Trinajstić information content (AvgIpc) is 2.85. The van der Waals surface area contributed by atoms with Gasteiger partial charge in [0.2, 0.25) is 5.16 Å². The third-order valence-electron chi connectivity index (χ3n) is 2.28. The lowest BCUT2D eigenvalue weighted by Gasteiger charge is -1.97. The fourth-order valence-corrected chi connectivity index (χ4v) is 2.06. The zero-order chi connectivity index (χ0) is 13.7. The van der Waals surface area contributed by atoms with Crippen molar-refractivity contribution >= 4 is 17.6 Å². The first-order valence-electron chi connectivity index (χ1n) is 5.50. The summed E-state index contributed by atoms with van der Waals surface area (Å²) in [5.74, 6) is 1.38. The van der Waals surface area contributed by atoms with Crippen LogP contribution >= 0.6 is 11.8 Å². The summed E-state index contributed by atoms with van der Waals surface area (Å²) in [5.41, 5.74) is 14.2. The number of amidine groups is 1. The predicted octanol–water partition coefficient (Wildman–Crippen LogP) is 2.18. The standard InChI is InChI=1S/C11H13N7S/c1-7-3-2-4-8(5-7)10-14-11(17-16-10)19-6-9(12)15-18-13/h2-5H,6H2,1H3,(H3,12,13,15)(H,14,16,17). The van der Waals surface area contributed by atoms with Gasteiger partial charge in [-0.3, -0.25) is 5.10 Å². The van der Waals surface area contributed by atoms with Gasteiger partial charge in [0.05, 0.1) is 5.75 Å². The van der Waals surface area contributed by atoms with Crippen LogP contribution in [0.25, 0.3) is 11.4 Å². The highest BCUT2D eigenvalue weighted by molar-refractivity contribution is 7.99. The largest absolute Gasteiger partial charge is 0.385 e. The Labute approximate surface area is 114 Å². The first kappa shape index (κ1) is 13.2. The zero-order valence-electron chi connectivity index (χ0n) is 10.3. The Balaban J connectivity index is 2.07. The zero-order valence-corrected chi connectivity index (χ0v) is 11.1. The SMILES string of the molecule is Cc1cccc(-c2nc(SCC(N)=NN=N)n[nH]2)c1. The van der Waals surface area contributed by atoms with E-state index in [1.54, 1.807) is 0 Å². The molecule has 98 valence electrons. The highest BCUT2D eigenvalue weighted by Gasteiger charge is 2.07. The lowest BCUT2D eigenvalue weighted by atomic mass is 10.1. The fourth-order valence-electron chi connectivity index (χ4n) is 1.46. The number of hydrogen-bond acceptors (Lipinski definition) is 5. The molecule has 2 aromatic rings. The van der Waals surface area contributed by atoms with Crippen LogP contribution in [0.4, 0.5) is 0 Å². The van der Waals surface area contributed by atoms with Crippen molar-refractivity contribution in [3.8, 4) is 11.4 Å². The van der Waals surface area contributed by atoms with Gasteiger partial charge in [-0.2, -0.15) is 5.53 Å². The van der Waals surface area contributed by atoms with E-state index < -0.39 is 0 Å². The van der Waals surface area contributed by atoms with E-state index in [2.05, 4.69) is 25.5 Å². The van der Waals surface area contributed by atoms with Gasteiger partial charge in [0.25, 0.3) is 0 Å². The Hall–Kier alpha value is -2.22. The molecule has 8 heteroatoms. The van der Waals surface area contributed by atoms with Crippen LogP contribution < -0.4 is 5.73 Å². The van der Waals surface area contributed by atoms with Crippen molar-refractivity contribution in [3.05, 3.63) is 29.8 Å². The molecule has 0 unspecified atom stereocenters. The van der Waals surface area contributed by atoms with E-state index in [1.165, 1.54) is 11.8 Å². The molecule has 1 heterocycles. The maximum absolute atomic E-state index is 6.56. The molecule has 19 heavy (non-hydrogen) atoms. The Morgan fingerprint density at radius 3 is 3.11 bits per heavy atom. The molecule has 2 rings (SSSR count). The second-order valence-corrected chi connectivity index (χ2v) is 4.76. The van der Waals surface area contributed by atoms with E-state index in [0.29, 0.717) is 16.7 Å². The molecule has 0 fully saturated rings. The Morgan fingerprint density at radius 1 is 1.53 bits per heavy atom. The molecule has 0 spiro atoms. The molecule has 1 aromatic carbocycles. The van der Waals surface area contributed by atoms with Crippen LogP contribution in [-0.4, -0.2) is 26.8 Å². The summed E-state index contributed by atoms with van der Waals surface area (Å²) in [7, 11) is 0. The molecule has 7 nitrogen and oxygen atoms in total. The smallest absolute Gasteiger partial charge is 0.209 e. The van der Waals surface area contributed by atoms with Crippen molar-refractivity contribution in [1.29, 1.82) is 5.53 Å². The second kappa shape index (κ2) is 6.10. The van der Waals surface area contributed by atoms with Gasteiger partial charge in [0.15, 0.2) is 5.82 Å². The minimum Gasteiger partial charge on any atom is -0.385 e. The van der Waals surface area contributed by atoms with E-state index in [4.69, 9.17) is 11.3 Å². The van der Waals surface area contributed by atoms with Crippen molar-refractivity contribution < 1.29 is 0 Å². The van der Waals surface area contributed by atoms with Crippen molar-refractivity contribution in [1.82, 2.24) is 15.2 Å². The first-order chi connectivity index (χ1) is 9.19. The number of aromatic nitrogens is 3. The minimum atomic E-state index is 0.266. The molecule has 0 aliphatic heterocycles. The molecular weight excluding hydrogens is 262 g/mol. The van der Waals surface area contributed by atoms with Crippen LogP contribution in [0.15, 0.2) is 39.7 Å². The summed E-state index contributed by atoms with van der Waals surface area (Å²) in [4.78, 5) is 4.36. The van der Waals surface area contributed by atoms with Crippen LogP contribution in [0.2, 0.25) is 0 Å². The summed E-state index contributed by atoms with van der Waals surface area (Å²) in [6.45, 7) is 2.02. The lowest BCUT2D eigenvalue weighted by Crippen LogP contribution is -2.13. The third kappa shape index (κ3) is 3.62. The number of nitrogens with two attached hydrogens (primary N) is 1. The summed E-state index contributed by atoms with van der Waals surface area (Å²) >= 11 is 1.34. The number of thioether (sulfide) groups is 1. The number of nitrogens with one attached hydrogen (secondary N) is 2. The van der Waals surface area contributed by atoms with E-state index in [-0.39, 0.29) is 5.84 Å². The Bertz CT molecular complexity index is 605. The molecule has 0 saturated heterocycles. The third-order valence-corrected chi connectivity index (χ3v) is 3.16. The predicted molar refractivity (Wildman–Crippen MR) is 74.0 cm³/mol. The van der Waals surface area contributed by atoms with E-state index >= 15 is 0 Å². The number of hydrogen-bond donors (Lipinski definition) is 3. The van der Waals surface area contributed by atoms with Gasteiger partial charge in [0.1, 0.15) is 5.84 Å². The number of nitrogens with zero attached hydrogens (tertiary/aromatic N) is 4. The van der Waals surface area contributed by atoms with Gasteiger partial charge >= 0.3 is 0 Å². The molecule has 0 amide bonds. The highest BCUT2D eigenvalue weighted by Crippen LogP contribution is 2.19. The number of aromatic amines is 1. The maximum Gasteiger partial charge on any atom is 0.209 e. The van der Waals surface area contributed by atoms with Crippen LogP contribution in [-0.2, 0) is 0 Å². The molecule has 0 radical (unpaired) electrons. The van der Waals surface area contributed by atoms with E-state index in [0.717, 1.165) is 11.1 Å². The molecule has 4 N–H and O–H groups in total. The van der Waals surface area contributed by atoms with Crippen molar-refractivity contribution in [3.63, 3.8) is 0 Å². The number of aryl methyl sites for hydroxylation is 1. The first-order valence-corrected chi connectivity index (χ1v) is 6.48. The van der Waals surface area contributed by atoms with E-state index in [1.807, 2.05) is 31.2 Å². The van der Waals surface area contributed by atoms with Gasteiger partial charge in [-0.25, -0.2) is 4.98 Å². The van der Waals surface area contributed by atoms with Crippen molar-refractivity contribution in [2.24, 2.45) is 16.1 Å².